The van der Waals surface area contributed by atoms with Crippen molar-refractivity contribution in [2.75, 3.05) is 20.3 Å². The van der Waals surface area contributed by atoms with Crippen LogP contribution in [0, 0.1) is 0 Å². The van der Waals surface area contributed by atoms with Gasteiger partial charge < -0.3 is 15.2 Å². The summed E-state index contributed by atoms with van der Waals surface area (Å²) in [7, 11) is 1.55. The summed E-state index contributed by atoms with van der Waals surface area (Å²) >= 11 is 0. The highest BCUT2D eigenvalue weighted by Crippen LogP contribution is 2.06. The Hall–Kier alpha value is -1.62. The molecule has 14 heavy (non-hydrogen) atoms. The lowest BCUT2D eigenvalue weighted by molar-refractivity contribution is 0.0962. The van der Waals surface area contributed by atoms with Gasteiger partial charge >= 0.3 is 0 Å². The number of amides is 1. The molecule has 0 atom stereocenters. The maximum absolute atomic E-state index is 11.1. The van der Waals surface area contributed by atoms with Crippen LogP contribution in [0.1, 0.15) is 10.4 Å². The zero-order valence-electron chi connectivity index (χ0n) is 7.86. The number of carbonyl (C=O) groups is 1. The maximum Gasteiger partial charge on any atom is 0.252 e. The van der Waals surface area contributed by atoms with Crippen molar-refractivity contribution in [2.24, 2.45) is 0 Å². The number of hydrogen-bond acceptors (Lipinski definition) is 4. The van der Waals surface area contributed by atoms with Gasteiger partial charge in [-0.25, -0.2) is 4.98 Å². The van der Waals surface area contributed by atoms with Crippen LogP contribution in [-0.4, -0.2) is 36.3 Å². The van der Waals surface area contributed by atoms with E-state index in [2.05, 4.69) is 10.3 Å². The van der Waals surface area contributed by atoms with E-state index in [-0.39, 0.29) is 19.1 Å². The van der Waals surface area contributed by atoms with Crippen LogP contribution in [0.25, 0.3) is 0 Å². The average molecular weight is 196 g/mol. The first-order valence-corrected chi connectivity index (χ1v) is 4.19. The van der Waals surface area contributed by atoms with Gasteiger partial charge in [0.1, 0.15) is 6.61 Å². The number of ether oxygens (including phenoxy) is 1. The number of aromatic nitrogens is 1. The fraction of sp³-hybridized carbons (Fsp3) is 0.333. The molecule has 0 aliphatic carbocycles. The van der Waals surface area contributed by atoms with E-state index in [0.717, 1.165) is 0 Å². The molecule has 1 heterocycles. The number of nitrogens with one attached hydrogen (secondary N) is 1. The van der Waals surface area contributed by atoms with E-state index in [9.17, 15) is 4.79 Å². The fourth-order valence-corrected chi connectivity index (χ4v) is 0.895. The average Bonchev–Trinajstić information content (AvgIpc) is 2.26. The van der Waals surface area contributed by atoms with Crippen molar-refractivity contribution in [3.05, 3.63) is 23.9 Å². The van der Waals surface area contributed by atoms with Gasteiger partial charge in [0.25, 0.3) is 5.91 Å². The van der Waals surface area contributed by atoms with Gasteiger partial charge in [0, 0.05) is 19.3 Å². The first kappa shape index (κ1) is 10.5. The first-order valence-electron chi connectivity index (χ1n) is 4.19. The van der Waals surface area contributed by atoms with Crippen molar-refractivity contribution in [2.45, 2.75) is 0 Å². The molecule has 0 radical (unpaired) electrons. The lowest BCUT2D eigenvalue weighted by atomic mass is 10.3. The summed E-state index contributed by atoms with van der Waals surface area (Å²) in [5, 5.41) is 11.0. The van der Waals surface area contributed by atoms with Crippen LogP contribution in [0.4, 0.5) is 0 Å². The maximum atomic E-state index is 11.1. The van der Waals surface area contributed by atoms with Crippen molar-refractivity contribution >= 4 is 5.91 Å². The normalized spacial score (nSPS) is 9.57. The predicted octanol–water partition coefficient (Wildman–Crippen LogP) is -0.188. The Morgan fingerprint density at radius 2 is 2.43 bits per heavy atom. The predicted molar refractivity (Wildman–Crippen MR) is 50.2 cm³/mol. The highest BCUT2D eigenvalue weighted by Gasteiger charge is 2.03. The number of aliphatic hydroxyl groups excluding tert-OH is 1. The molecule has 0 bridgehead atoms. The monoisotopic (exact) mass is 196 g/mol. The first-order chi connectivity index (χ1) is 6.77. The molecule has 0 spiro atoms. The molecule has 0 fully saturated rings. The van der Waals surface area contributed by atoms with Gasteiger partial charge in [0.2, 0.25) is 5.88 Å². The highest BCUT2D eigenvalue weighted by atomic mass is 16.5. The van der Waals surface area contributed by atoms with Crippen molar-refractivity contribution in [1.82, 2.24) is 10.3 Å². The molecular weight excluding hydrogens is 184 g/mol. The van der Waals surface area contributed by atoms with Crippen molar-refractivity contribution in [1.29, 1.82) is 0 Å². The molecule has 1 rings (SSSR count). The third-order valence-corrected chi connectivity index (χ3v) is 1.57. The number of nitrogens with zero attached hydrogens (tertiary/aromatic N) is 1. The lowest BCUT2D eigenvalue weighted by Gasteiger charge is -2.03. The smallest absolute Gasteiger partial charge is 0.252 e. The SMILES string of the molecule is CNC(=O)c1ccc(OCCO)nc1. The molecule has 1 amide bonds. The number of pyridine rings is 1. The topological polar surface area (TPSA) is 71.5 Å². The zero-order chi connectivity index (χ0) is 10.4. The number of rotatable bonds is 4. The molecule has 5 nitrogen and oxygen atoms in total. The Morgan fingerprint density at radius 1 is 1.64 bits per heavy atom. The molecule has 0 saturated carbocycles. The molecule has 0 aliphatic rings. The molecule has 1 aromatic rings. The summed E-state index contributed by atoms with van der Waals surface area (Å²) in [4.78, 5) is 15.0. The van der Waals surface area contributed by atoms with Crippen molar-refractivity contribution < 1.29 is 14.6 Å². The minimum Gasteiger partial charge on any atom is -0.475 e. The molecule has 2 N–H and O–H groups in total. The second-order valence-electron chi connectivity index (χ2n) is 2.54. The van der Waals surface area contributed by atoms with Crippen LogP contribution in [0.3, 0.4) is 0 Å². The summed E-state index contributed by atoms with van der Waals surface area (Å²) in [6, 6.07) is 3.19. The van der Waals surface area contributed by atoms with Gasteiger partial charge in [-0.3, -0.25) is 4.79 Å². The Balaban J connectivity index is 2.63. The molecule has 0 unspecified atom stereocenters. The molecule has 1 aromatic heterocycles. The standard InChI is InChI=1S/C9H12N2O3/c1-10-9(13)7-2-3-8(11-6-7)14-5-4-12/h2-3,6,12H,4-5H2,1H3,(H,10,13). The highest BCUT2D eigenvalue weighted by molar-refractivity contribution is 5.93. The van der Waals surface area contributed by atoms with Crippen molar-refractivity contribution in [3.8, 4) is 5.88 Å². The van der Waals surface area contributed by atoms with E-state index in [4.69, 9.17) is 9.84 Å². The van der Waals surface area contributed by atoms with Crippen LogP contribution >= 0.6 is 0 Å². The fourth-order valence-electron chi connectivity index (χ4n) is 0.895. The molecule has 76 valence electrons. The Bertz CT molecular complexity index is 297. The van der Waals surface area contributed by atoms with E-state index in [1.807, 2.05) is 0 Å². The second kappa shape index (κ2) is 5.18. The van der Waals surface area contributed by atoms with Gasteiger partial charge in [-0.2, -0.15) is 0 Å². The second-order valence-corrected chi connectivity index (χ2v) is 2.54. The minimum absolute atomic E-state index is 0.0567. The summed E-state index contributed by atoms with van der Waals surface area (Å²) in [6.07, 6.45) is 1.42. The van der Waals surface area contributed by atoms with Gasteiger partial charge in [0.15, 0.2) is 0 Å². The van der Waals surface area contributed by atoms with Gasteiger partial charge in [-0.1, -0.05) is 0 Å². The quantitative estimate of drug-likeness (QED) is 0.700. The Kier molecular flexibility index (Phi) is 3.87. The third kappa shape index (κ3) is 2.70. The van der Waals surface area contributed by atoms with Crippen LogP contribution in [0.15, 0.2) is 18.3 Å². The molecule has 0 saturated heterocycles. The molecule has 5 heteroatoms. The van der Waals surface area contributed by atoms with E-state index >= 15 is 0 Å². The van der Waals surface area contributed by atoms with Crippen LogP contribution in [0.5, 0.6) is 5.88 Å². The molecular formula is C9H12N2O3. The third-order valence-electron chi connectivity index (χ3n) is 1.57. The summed E-state index contributed by atoms with van der Waals surface area (Å²) < 4.78 is 5.03. The number of hydrogen-bond donors (Lipinski definition) is 2. The number of carbonyl (C=O) groups excluding carboxylic acids is 1. The number of aliphatic hydroxyl groups is 1. The van der Waals surface area contributed by atoms with E-state index in [1.54, 1.807) is 19.2 Å². The molecule has 0 aromatic carbocycles. The van der Waals surface area contributed by atoms with Crippen LogP contribution in [-0.2, 0) is 0 Å². The molecule has 0 aliphatic heterocycles. The minimum atomic E-state index is -0.189. The van der Waals surface area contributed by atoms with Crippen LogP contribution in [0.2, 0.25) is 0 Å². The lowest BCUT2D eigenvalue weighted by Crippen LogP contribution is -2.17. The summed E-state index contributed by atoms with van der Waals surface area (Å²) in [5.74, 6) is 0.206. The van der Waals surface area contributed by atoms with E-state index < -0.39 is 0 Å². The van der Waals surface area contributed by atoms with Crippen molar-refractivity contribution in [3.63, 3.8) is 0 Å². The Labute approximate surface area is 81.7 Å². The van der Waals surface area contributed by atoms with Crippen LogP contribution < -0.4 is 10.1 Å². The van der Waals surface area contributed by atoms with E-state index in [1.165, 1.54) is 6.20 Å². The Morgan fingerprint density at radius 3 is 2.93 bits per heavy atom. The van der Waals surface area contributed by atoms with Gasteiger partial charge in [-0.05, 0) is 6.07 Å². The largest absolute Gasteiger partial charge is 0.475 e. The van der Waals surface area contributed by atoms with Gasteiger partial charge in [0.05, 0.1) is 12.2 Å². The van der Waals surface area contributed by atoms with E-state index in [0.29, 0.717) is 11.4 Å². The van der Waals surface area contributed by atoms with Gasteiger partial charge in [-0.15, -0.1) is 0 Å². The summed E-state index contributed by atoms with van der Waals surface area (Å²) in [5.41, 5.74) is 0.476. The zero-order valence-corrected chi connectivity index (χ0v) is 7.86. The summed E-state index contributed by atoms with van der Waals surface area (Å²) in [6.45, 7) is 0.144.